The van der Waals surface area contributed by atoms with Crippen LogP contribution < -0.4 is 5.73 Å². The van der Waals surface area contributed by atoms with Crippen LogP contribution in [-0.2, 0) is 6.54 Å². The van der Waals surface area contributed by atoms with Crippen molar-refractivity contribution in [1.82, 2.24) is 4.98 Å². The molecule has 1 aromatic rings. The second-order valence-corrected chi connectivity index (χ2v) is 3.33. The Kier molecular flexibility index (Phi) is 3.49. The summed E-state index contributed by atoms with van der Waals surface area (Å²) in [6.07, 6.45) is -2.71. The first-order valence-electron chi connectivity index (χ1n) is 3.67. The van der Waals surface area contributed by atoms with Gasteiger partial charge in [-0.1, -0.05) is 0 Å². The molecule has 6 heteroatoms. The fourth-order valence-electron chi connectivity index (χ4n) is 0.940. The van der Waals surface area contributed by atoms with Crippen molar-refractivity contribution in [3.8, 4) is 6.07 Å². The summed E-state index contributed by atoms with van der Waals surface area (Å²) < 4.78 is 25.2. The molecule has 0 amide bonds. The first-order chi connectivity index (χ1) is 6.60. The van der Waals surface area contributed by atoms with Gasteiger partial charge in [-0.25, -0.2) is 13.8 Å². The highest BCUT2D eigenvalue weighted by atomic mass is 79.9. The Morgan fingerprint density at radius 2 is 2.29 bits per heavy atom. The van der Waals surface area contributed by atoms with Gasteiger partial charge < -0.3 is 5.73 Å². The van der Waals surface area contributed by atoms with Gasteiger partial charge in [-0.15, -0.1) is 0 Å². The molecule has 0 fully saturated rings. The maximum atomic E-state index is 12.4. The van der Waals surface area contributed by atoms with Crippen LogP contribution in [0.2, 0.25) is 0 Å². The number of aromatic nitrogens is 1. The van der Waals surface area contributed by atoms with Gasteiger partial charge in [-0.05, 0) is 22.0 Å². The third-order valence-corrected chi connectivity index (χ3v) is 2.30. The third kappa shape index (κ3) is 2.05. The lowest BCUT2D eigenvalue weighted by molar-refractivity contribution is 0.150. The van der Waals surface area contributed by atoms with E-state index in [2.05, 4.69) is 20.9 Å². The summed E-state index contributed by atoms with van der Waals surface area (Å²) in [5.74, 6) is 0. The SMILES string of the molecule is N#Cc1nc(CN)c(Br)cc1C(F)F. The molecule has 0 aliphatic carbocycles. The standard InChI is InChI=1S/C8H6BrF2N3/c9-5-1-4(8(10)11)6(2-12)14-7(5)3-13/h1,8H,3,13H2. The van der Waals surface area contributed by atoms with Gasteiger partial charge >= 0.3 is 0 Å². The van der Waals surface area contributed by atoms with Gasteiger partial charge in [0.25, 0.3) is 6.43 Å². The van der Waals surface area contributed by atoms with Crippen LogP contribution in [0.3, 0.4) is 0 Å². The lowest BCUT2D eigenvalue weighted by atomic mass is 10.2. The lowest BCUT2D eigenvalue weighted by Gasteiger charge is -2.06. The number of alkyl halides is 2. The van der Waals surface area contributed by atoms with Crippen LogP contribution in [0.5, 0.6) is 0 Å². The van der Waals surface area contributed by atoms with E-state index in [4.69, 9.17) is 11.0 Å². The highest BCUT2D eigenvalue weighted by molar-refractivity contribution is 9.10. The first kappa shape index (κ1) is 11.0. The molecule has 14 heavy (non-hydrogen) atoms. The quantitative estimate of drug-likeness (QED) is 0.887. The van der Waals surface area contributed by atoms with E-state index in [0.29, 0.717) is 10.2 Å². The Hall–Kier alpha value is -1.06. The van der Waals surface area contributed by atoms with Crippen molar-refractivity contribution in [2.75, 3.05) is 0 Å². The average molecular weight is 262 g/mol. The summed E-state index contributed by atoms with van der Waals surface area (Å²) >= 11 is 3.05. The Bertz CT molecular complexity index is 387. The second kappa shape index (κ2) is 4.44. The summed E-state index contributed by atoms with van der Waals surface area (Å²) in [7, 11) is 0. The molecule has 1 rings (SSSR count). The van der Waals surface area contributed by atoms with E-state index < -0.39 is 6.43 Å². The van der Waals surface area contributed by atoms with Gasteiger partial charge in [0, 0.05) is 11.0 Å². The van der Waals surface area contributed by atoms with Crippen molar-refractivity contribution >= 4 is 15.9 Å². The molecule has 1 heterocycles. The number of hydrogen-bond donors (Lipinski definition) is 1. The monoisotopic (exact) mass is 261 g/mol. The summed E-state index contributed by atoms with van der Waals surface area (Å²) in [4.78, 5) is 3.72. The normalized spacial score (nSPS) is 10.3. The molecule has 2 N–H and O–H groups in total. The van der Waals surface area contributed by atoms with Gasteiger partial charge in [0.2, 0.25) is 0 Å². The molecule has 0 bridgehead atoms. The Balaban J connectivity index is 3.33. The smallest absolute Gasteiger partial charge is 0.266 e. The van der Waals surface area contributed by atoms with E-state index in [9.17, 15) is 8.78 Å². The van der Waals surface area contributed by atoms with Crippen molar-refractivity contribution < 1.29 is 8.78 Å². The molecule has 0 radical (unpaired) electrons. The van der Waals surface area contributed by atoms with E-state index in [1.54, 1.807) is 6.07 Å². The van der Waals surface area contributed by atoms with E-state index in [-0.39, 0.29) is 17.8 Å². The Morgan fingerprint density at radius 1 is 1.64 bits per heavy atom. The molecule has 0 aliphatic heterocycles. The number of nitriles is 1. The van der Waals surface area contributed by atoms with Crippen LogP contribution in [0, 0.1) is 11.3 Å². The van der Waals surface area contributed by atoms with Gasteiger partial charge in [-0.3, -0.25) is 0 Å². The van der Waals surface area contributed by atoms with Crippen molar-refractivity contribution in [3.63, 3.8) is 0 Å². The lowest BCUT2D eigenvalue weighted by Crippen LogP contribution is -2.05. The Labute approximate surface area is 87.7 Å². The third-order valence-electron chi connectivity index (χ3n) is 1.61. The fourth-order valence-corrected chi connectivity index (χ4v) is 1.44. The molecule has 0 saturated heterocycles. The number of nitrogens with zero attached hydrogens (tertiary/aromatic N) is 2. The van der Waals surface area contributed by atoms with Crippen molar-refractivity contribution in [1.29, 1.82) is 5.26 Å². The van der Waals surface area contributed by atoms with Crippen LogP contribution in [0.4, 0.5) is 8.78 Å². The fraction of sp³-hybridized carbons (Fsp3) is 0.250. The number of halogens is 3. The Morgan fingerprint density at radius 3 is 2.71 bits per heavy atom. The molecule has 74 valence electrons. The van der Waals surface area contributed by atoms with Gasteiger partial charge in [0.1, 0.15) is 11.8 Å². The summed E-state index contributed by atoms with van der Waals surface area (Å²) in [6.45, 7) is 0.0960. The zero-order chi connectivity index (χ0) is 10.7. The average Bonchev–Trinajstić information content (AvgIpc) is 2.17. The number of hydrogen-bond acceptors (Lipinski definition) is 3. The summed E-state index contributed by atoms with van der Waals surface area (Å²) in [6, 6.07) is 2.79. The predicted octanol–water partition coefficient (Wildman–Crippen LogP) is 2.11. The summed E-state index contributed by atoms with van der Waals surface area (Å²) in [5.41, 5.74) is 5.05. The number of nitrogens with two attached hydrogens (primary N) is 1. The molecule has 1 aromatic heterocycles. The molecule has 0 atom stereocenters. The van der Waals surface area contributed by atoms with Gasteiger partial charge in [0.15, 0.2) is 0 Å². The molecule has 0 spiro atoms. The molecule has 0 saturated carbocycles. The van der Waals surface area contributed by atoms with Crippen molar-refractivity contribution in [2.45, 2.75) is 13.0 Å². The zero-order valence-electron chi connectivity index (χ0n) is 6.97. The van der Waals surface area contributed by atoms with E-state index in [1.807, 2.05) is 0 Å². The van der Waals surface area contributed by atoms with Gasteiger partial charge in [-0.2, -0.15) is 5.26 Å². The van der Waals surface area contributed by atoms with Crippen LogP contribution in [0.1, 0.15) is 23.4 Å². The van der Waals surface area contributed by atoms with Crippen molar-refractivity contribution in [3.05, 3.63) is 27.5 Å². The summed E-state index contributed by atoms with van der Waals surface area (Å²) in [5, 5.41) is 8.58. The van der Waals surface area contributed by atoms with Crippen LogP contribution in [0.15, 0.2) is 10.5 Å². The maximum Gasteiger partial charge on any atom is 0.266 e. The minimum Gasteiger partial charge on any atom is -0.325 e. The van der Waals surface area contributed by atoms with Crippen LogP contribution in [-0.4, -0.2) is 4.98 Å². The molecular weight excluding hydrogens is 256 g/mol. The van der Waals surface area contributed by atoms with Gasteiger partial charge in [0.05, 0.1) is 11.3 Å². The van der Waals surface area contributed by atoms with E-state index in [0.717, 1.165) is 0 Å². The molecule has 0 unspecified atom stereocenters. The molecule has 0 aromatic carbocycles. The number of rotatable bonds is 2. The zero-order valence-corrected chi connectivity index (χ0v) is 8.55. The molecule has 3 nitrogen and oxygen atoms in total. The highest BCUT2D eigenvalue weighted by Crippen LogP contribution is 2.26. The van der Waals surface area contributed by atoms with E-state index >= 15 is 0 Å². The second-order valence-electron chi connectivity index (χ2n) is 2.47. The maximum absolute atomic E-state index is 12.4. The van der Waals surface area contributed by atoms with E-state index in [1.165, 1.54) is 6.07 Å². The topological polar surface area (TPSA) is 62.7 Å². The van der Waals surface area contributed by atoms with Crippen LogP contribution >= 0.6 is 15.9 Å². The number of pyridine rings is 1. The minimum atomic E-state index is -2.71. The first-order valence-corrected chi connectivity index (χ1v) is 4.47. The highest BCUT2D eigenvalue weighted by Gasteiger charge is 2.16. The molecular formula is C8H6BrF2N3. The van der Waals surface area contributed by atoms with Crippen molar-refractivity contribution in [2.24, 2.45) is 5.73 Å². The molecule has 0 aliphatic rings. The predicted molar refractivity (Wildman–Crippen MR) is 49.5 cm³/mol. The van der Waals surface area contributed by atoms with Crippen LogP contribution in [0.25, 0.3) is 0 Å². The largest absolute Gasteiger partial charge is 0.325 e. The minimum absolute atomic E-state index is 0.0960.